The largest absolute Gasteiger partial charge is 0.478 e. The van der Waals surface area contributed by atoms with Gasteiger partial charge in [-0.25, -0.2) is 4.79 Å². The van der Waals surface area contributed by atoms with Crippen LogP contribution in [0, 0.1) is 0 Å². The molecule has 0 heterocycles. The third-order valence-corrected chi connectivity index (χ3v) is 3.62. The molecule has 0 spiro atoms. The Balaban J connectivity index is 2.35. The van der Waals surface area contributed by atoms with E-state index in [1.165, 1.54) is 5.56 Å². The second-order valence-electron chi connectivity index (χ2n) is 5.40. The first-order valence-electron chi connectivity index (χ1n) is 7.33. The van der Waals surface area contributed by atoms with E-state index in [1.807, 2.05) is 67.5 Å². The predicted molar refractivity (Wildman–Crippen MR) is 92.1 cm³/mol. The Morgan fingerprint density at radius 2 is 1.64 bits per heavy atom. The van der Waals surface area contributed by atoms with E-state index in [0.29, 0.717) is 5.57 Å². The summed E-state index contributed by atoms with van der Waals surface area (Å²) in [7, 11) is 3.95. The highest BCUT2D eigenvalue weighted by atomic mass is 16.4. The van der Waals surface area contributed by atoms with Crippen molar-refractivity contribution >= 4 is 23.3 Å². The summed E-state index contributed by atoms with van der Waals surface area (Å²) in [5.41, 5.74) is 4.19. The van der Waals surface area contributed by atoms with Gasteiger partial charge in [0.15, 0.2) is 0 Å². The molecule has 0 aromatic heterocycles. The molecule has 0 aliphatic rings. The van der Waals surface area contributed by atoms with Crippen LogP contribution < -0.4 is 4.90 Å². The predicted octanol–water partition coefficient (Wildman–Crippen LogP) is 3.94. The molecular formula is C19H21NO2. The Morgan fingerprint density at radius 1 is 1.05 bits per heavy atom. The van der Waals surface area contributed by atoms with E-state index >= 15 is 0 Å². The van der Waals surface area contributed by atoms with Gasteiger partial charge in [-0.15, -0.1) is 0 Å². The fourth-order valence-electron chi connectivity index (χ4n) is 2.22. The first-order chi connectivity index (χ1) is 10.5. The minimum atomic E-state index is -0.916. The second-order valence-corrected chi connectivity index (χ2v) is 5.40. The lowest BCUT2D eigenvalue weighted by molar-refractivity contribution is -0.130. The van der Waals surface area contributed by atoms with Gasteiger partial charge in [0.25, 0.3) is 0 Å². The van der Waals surface area contributed by atoms with E-state index in [2.05, 4.69) is 6.92 Å². The van der Waals surface area contributed by atoms with E-state index in [0.717, 1.165) is 23.2 Å². The third kappa shape index (κ3) is 3.76. The van der Waals surface area contributed by atoms with Crippen molar-refractivity contribution < 1.29 is 9.90 Å². The molecule has 0 radical (unpaired) electrons. The molecule has 0 unspecified atom stereocenters. The van der Waals surface area contributed by atoms with Gasteiger partial charge in [-0.2, -0.15) is 0 Å². The summed E-state index contributed by atoms with van der Waals surface area (Å²) in [5.74, 6) is -0.916. The first kappa shape index (κ1) is 15.8. The van der Waals surface area contributed by atoms with E-state index in [9.17, 15) is 9.90 Å². The standard InChI is InChI=1S/C19H21NO2/c1-4-14-5-9-16(10-6-14)18(19(21)22)13-15-7-11-17(12-8-15)20(2)3/h5-13H,4H2,1-3H3,(H,21,22)/b18-13-. The van der Waals surface area contributed by atoms with E-state index in [4.69, 9.17) is 0 Å². The molecule has 0 aliphatic heterocycles. The highest BCUT2D eigenvalue weighted by Gasteiger charge is 2.10. The summed E-state index contributed by atoms with van der Waals surface area (Å²) in [6.07, 6.45) is 2.65. The molecule has 0 bridgehead atoms. The zero-order valence-electron chi connectivity index (χ0n) is 13.2. The quantitative estimate of drug-likeness (QED) is 0.671. The smallest absolute Gasteiger partial charge is 0.336 e. The van der Waals surface area contributed by atoms with Gasteiger partial charge in [-0.05, 0) is 41.3 Å². The molecule has 22 heavy (non-hydrogen) atoms. The Hall–Kier alpha value is -2.55. The molecule has 1 N–H and O–H groups in total. The van der Waals surface area contributed by atoms with Gasteiger partial charge in [0.1, 0.15) is 0 Å². The number of rotatable bonds is 5. The number of carboxylic acid groups (broad SMARTS) is 1. The number of anilines is 1. The number of hydrogen-bond donors (Lipinski definition) is 1. The minimum Gasteiger partial charge on any atom is -0.478 e. The number of carboxylic acids is 1. The molecule has 3 nitrogen and oxygen atoms in total. The topological polar surface area (TPSA) is 40.5 Å². The van der Waals surface area contributed by atoms with Gasteiger partial charge in [-0.3, -0.25) is 0 Å². The van der Waals surface area contributed by atoms with Crippen LogP contribution in [0.25, 0.3) is 11.6 Å². The van der Waals surface area contributed by atoms with Crippen LogP contribution in [0.5, 0.6) is 0 Å². The molecule has 2 aromatic carbocycles. The van der Waals surface area contributed by atoms with Gasteiger partial charge in [0.05, 0.1) is 5.57 Å². The lowest BCUT2D eigenvalue weighted by Gasteiger charge is -2.12. The molecule has 0 amide bonds. The van der Waals surface area contributed by atoms with Crippen LogP contribution >= 0.6 is 0 Å². The highest BCUT2D eigenvalue weighted by Crippen LogP contribution is 2.21. The van der Waals surface area contributed by atoms with Gasteiger partial charge in [-0.1, -0.05) is 43.3 Å². The first-order valence-corrected chi connectivity index (χ1v) is 7.33. The zero-order valence-corrected chi connectivity index (χ0v) is 13.2. The molecule has 2 aromatic rings. The molecule has 114 valence electrons. The average Bonchev–Trinajstić information content (AvgIpc) is 2.53. The summed E-state index contributed by atoms with van der Waals surface area (Å²) < 4.78 is 0. The average molecular weight is 295 g/mol. The highest BCUT2D eigenvalue weighted by molar-refractivity contribution is 6.20. The molecule has 2 rings (SSSR count). The zero-order chi connectivity index (χ0) is 16.1. The SMILES string of the molecule is CCc1ccc(/C(=C/c2ccc(N(C)C)cc2)C(=O)O)cc1. The van der Waals surface area contributed by atoms with Crippen molar-refractivity contribution in [2.45, 2.75) is 13.3 Å². The summed E-state index contributed by atoms with van der Waals surface area (Å²) in [6, 6.07) is 15.5. The summed E-state index contributed by atoms with van der Waals surface area (Å²) in [5, 5.41) is 9.48. The maximum absolute atomic E-state index is 11.6. The Bertz CT molecular complexity index is 668. The van der Waals surface area contributed by atoms with Crippen molar-refractivity contribution in [1.29, 1.82) is 0 Å². The lowest BCUT2D eigenvalue weighted by Crippen LogP contribution is -2.08. The Labute approximate surface area is 131 Å². The molecule has 0 fully saturated rings. The van der Waals surface area contributed by atoms with Crippen molar-refractivity contribution in [2.24, 2.45) is 0 Å². The number of nitrogens with zero attached hydrogens (tertiary/aromatic N) is 1. The van der Waals surface area contributed by atoms with Crippen LogP contribution in [-0.4, -0.2) is 25.2 Å². The summed E-state index contributed by atoms with van der Waals surface area (Å²) >= 11 is 0. The molecule has 0 saturated carbocycles. The molecule has 0 aliphatic carbocycles. The number of hydrogen-bond acceptors (Lipinski definition) is 2. The van der Waals surface area contributed by atoms with Crippen LogP contribution in [0.3, 0.4) is 0 Å². The number of aliphatic carboxylic acids is 1. The van der Waals surface area contributed by atoms with E-state index in [-0.39, 0.29) is 0 Å². The number of benzene rings is 2. The van der Waals surface area contributed by atoms with Gasteiger partial charge in [0.2, 0.25) is 0 Å². The fraction of sp³-hybridized carbons (Fsp3) is 0.211. The van der Waals surface area contributed by atoms with Crippen LogP contribution in [0.1, 0.15) is 23.6 Å². The normalized spacial score (nSPS) is 11.3. The van der Waals surface area contributed by atoms with Crippen LogP contribution in [-0.2, 0) is 11.2 Å². The lowest BCUT2D eigenvalue weighted by atomic mass is 10.0. The molecule has 3 heteroatoms. The maximum Gasteiger partial charge on any atom is 0.336 e. The Kier molecular flexibility index (Phi) is 4.99. The van der Waals surface area contributed by atoms with Crippen molar-refractivity contribution in [3.63, 3.8) is 0 Å². The second kappa shape index (κ2) is 6.94. The van der Waals surface area contributed by atoms with Crippen LogP contribution in [0.4, 0.5) is 5.69 Å². The van der Waals surface area contributed by atoms with E-state index < -0.39 is 5.97 Å². The minimum absolute atomic E-state index is 0.306. The van der Waals surface area contributed by atoms with Crippen molar-refractivity contribution in [1.82, 2.24) is 0 Å². The van der Waals surface area contributed by atoms with Gasteiger partial charge < -0.3 is 10.0 Å². The third-order valence-electron chi connectivity index (χ3n) is 3.62. The maximum atomic E-state index is 11.6. The van der Waals surface area contributed by atoms with Gasteiger partial charge >= 0.3 is 5.97 Å². The molecular weight excluding hydrogens is 274 g/mol. The monoisotopic (exact) mass is 295 g/mol. The van der Waals surface area contributed by atoms with Crippen molar-refractivity contribution in [3.8, 4) is 0 Å². The summed E-state index contributed by atoms with van der Waals surface area (Å²) in [4.78, 5) is 13.6. The van der Waals surface area contributed by atoms with Crippen molar-refractivity contribution in [3.05, 3.63) is 65.2 Å². The molecule has 0 atom stereocenters. The molecule has 0 saturated heterocycles. The van der Waals surface area contributed by atoms with Gasteiger partial charge in [0, 0.05) is 19.8 Å². The fourth-order valence-corrected chi connectivity index (χ4v) is 2.22. The Morgan fingerprint density at radius 3 is 2.09 bits per heavy atom. The van der Waals surface area contributed by atoms with E-state index in [1.54, 1.807) is 6.08 Å². The van der Waals surface area contributed by atoms with Crippen LogP contribution in [0.15, 0.2) is 48.5 Å². The summed E-state index contributed by atoms with van der Waals surface area (Å²) in [6.45, 7) is 2.08. The van der Waals surface area contributed by atoms with Crippen LogP contribution in [0.2, 0.25) is 0 Å². The van der Waals surface area contributed by atoms with Crippen molar-refractivity contribution in [2.75, 3.05) is 19.0 Å². The number of aryl methyl sites for hydroxylation is 1. The number of carbonyl (C=O) groups is 1.